The Morgan fingerprint density at radius 3 is 2.91 bits per heavy atom. The van der Waals surface area contributed by atoms with Crippen molar-refractivity contribution in [2.45, 2.75) is 38.9 Å². The highest BCUT2D eigenvalue weighted by Gasteiger charge is 2.20. The van der Waals surface area contributed by atoms with Gasteiger partial charge in [-0.3, -0.25) is 0 Å². The summed E-state index contributed by atoms with van der Waals surface area (Å²) >= 11 is 0. The van der Waals surface area contributed by atoms with Crippen molar-refractivity contribution in [1.82, 2.24) is 34.8 Å². The van der Waals surface area contributed by atoms with E-state index in [-0.39, 0.29) is 0 Å². The van der Waals surface area contributed by atoms with Gasteiger partial charge in [0, 0.05) is 19.0 Å². The molecule has 1 aliphatic rings. The van der Waals surface area contributed by atoms with Crippen LogP contribution in [0.15, 0.2) is 36.9 Å². The number of benzene rings is 1. The van der Waals surface area contributed by atoms with Crippen LogP contribution in [0.5, 0.6) is 0 Å². The maximum absolute atomic E-state index is 4.45. The van der Waals surface area contributed by atoms with E-state index in [2.05, 4.69) is 49.7 Å². The molecule has 1 atom stereocenters. The first kappa shape index (κ1) is 14.1. The van der Waals surface area contributed by atoms with Crippen molar-refractivity contribution in [3.05, 3.63) is 54.1 Å². The van der Waals surface area contributed by atoms with E-state index in [1.54, 1.807) is 17.3 Å². The van der Waals surface area contributed by atoms with Crippen LogP contribution in [0.2, 0.25) is 0 Å². The van der Waals surface area contributed by atoms with E-state index in [9.17, 15) is 0 Å². The van der Waals surface area contributed by atoms with E-state index in [1.165, 1.54) is 5.56 Å². The van der Waals surface area contributed by atoms with Crippen molar-refractivity contribution >= 4 is 0 Å². The number of aromatic nitrogens is 6. The topological polar surface area (TPSA) is 73.5 Å². The van der Waals surface area contributed by atoms with Gasteiger partial charge in [0.2, 0.25) is 0 Å². The Kier molecular flexibility index (Phi) is 3.63. The normalized spacial score (nSPS) is 17.2. The van der Waals surface area contributed by atoms with Gasteiger partial charge in [0.15, 0.2) is 0 Å². The van der Waals surface area contributed by atoms with Crippen molar-refractivity contribution in [3.8, 4) is 5.69 Å². The Labute approximate surface area is 134 Å². The maximum Gasteiger partial charge on any atom is 0.147 e. The third kappa shape index (κ3) is 3.00. The molecule has 1 aromatic carbocycles. The fraction of sp³-hybridized carbons (Fsp3) is 0.375. The highest BCUT2D eigenvalue weighted by atomic mass is 15.4. The second kappa shape index (κ2) is 5.92. The number of fused-ring (bicyclic) bond motifs is 1. The molecule has 0 aliphatic carbocycles. The summed E-state index contributed by atoms with van der Waals surface area (Å²) < 4.78 is 3.79. The van der Waals surface area contributed by atoms with Crippen molar-refractivity contribution in [3.63, 3.8) is 0 Å². The number of nitrogens with zero attached hydrogens (tertiary/aromatic N) is 6. The van der Waals surface area contributed by atoms with Gasteiger partial charge in [-0.2, -0.15) is 10.2 Å². The molecule has 1 aliphatic heterocycles. The third-order valence-corrected chi connectivity index (χ3v) is 4.18. The molecule has 0 fully saturated rings. The molecule has 4 rings (SSSR count). The Balaban J connectivity index is 1.36. The van der Waals surface area contributed by atoms with Crippen LogP contribution >= 0.6 is 0 Å². The Morgan fingerprint density at radius 2 is 2.13 bits per heavy atom. The molecular formula is C16H19N7. The minimum absolute atomic E-state index is 0.443. The standard InChI is InChI=1S/C16H19N7/c1-12-20-16-7-4-14(9-22(16)21-12)18-8-13-2-5-15(6-3-13)23-11-17-10-19-23/h2-3,5-6,10-11,14,18H,4,7-9H2,1H3. The smallest absolute Gasteiger partial charge is 0.147 e. The molecule has 0 amide bonds. The van der Waals surface area contributed by atoms with Crippen LogP contribution < -0.4 is 5.32 Å². The van der Waals surface area contributed by atoms with Gasteiger partial charge in [-0.15, -0.1) is 0 Å². The van der Waals surface area contributed by atoms with Crippen LogP contribution in [0.1, 0.15) is 23.6 Å². The molecule has 0 bridgehead atoms. The second-order valence-electron chi connectivity index (χ2n) is 5.88. The molecule has 0 spiro atoms. The van der Waals surface area contributed by atoms with Gasteiger partial charge in [0.1, 0.15) is 24.3 Å². The molecular weight excluding hydrogens is 290 g/mol. The maximum atomic E-state index is 4.45. The summed E-state index contributed by atoms with van der Waals surface area (Å²) in [6.45, 7) is 3.70. The Morgan fingerprint density at radius 1 is 1.26 bits per heavy atom. The van der Waals surface area contributed by atoms with Crippen LogP contribution in [-0.4, -0.2) is 35.6 Å². The summed E-state index contributed by atoms with van der Waals surface area (Å²) in [6.07, 6.45) is 5.34. The summed E-state index contributed by atoms with van der Waals surface area (Å²) in [5, 5.41) is 12.2. The highest BCUT2D eigenvalue weighted by molar-refractivity contribution is 5.33. The van der Waals surface area contributed by atoms with E-state index in [1.807, 2.05) is 11.6 Å². The quantitative estimate of drug-likeness (QED) is 0.786. The fourth-order valence-corrected chi connectivity index (χ4v) is 2.97. The van der Waals surface area contributed by atoms with Gasteiger partial charge in [0.25, 0.3) is 0 Å². The number of aryl methyl sites for hydroxylation is 2. The van der Waals surface area contributed by atoms with E-state index in [0.717, 1.165) is 43.3 Å². The summed E-state index contributed by atoms with van der Waals surface area (Å²) in [6, 6.07) is 8.81. The molecule has 3 heterocycles. The van der Waals surface area contributed by atoms with Gasteiger partial charge in [-0.25, -0.2) is 19.3 Å². The predicted molar refractivity (Wildman–Crippen MR) is 85.1 cm³/mol. The lowest BCUT2D eigenvalue weighted by atomic mass is 10.1. The summed E-state index contributed by atoms with van der Waals surface area (Å²) in [5.41, 5.74) is 2.28. The van der Waals surface area contributed by atoms with Crippen LogP contribution in [0.4, 0.5) is 0 Å². The zero-order valence-electron chi connectivity index (χ0n) is 13.1. The molecule has 2 aromatic heterocycles. The van der Waals surface area contributed by atoms with Gasteiger partial charge < -0.3 is 5.32 Å². The van der Waals surface area contributed by atoms with Crippen molar-refractivity contribution in [1.29, 1.82) is 0 Å². The molecule has 23 heavy (non-hydrogen) atoms. The first-order valence-corrected chi connectivity index (χ1v) is 7.85. The minimum atomic E-state index is 0.443. The lowest BCUT2D eigenvalue weighted by Gasteiger charge is -2.23. The zero-order valence-corrected chi connectivity index (χ0v) is 13.1. The fourth-order valence-electron chi connectivity index (χ4n) is 2.97. The van der Waals surface area contributed by atoms with Gasteiger partial charge in [-0.05, 0) is 31.0 Å². The summed E-state index contributed by atoms with van der Waals surface area (Å²) in [7, 11) is 0. The molecule has 1 unspecified atom stereocenters. The Hall–Kier alpha value is -2.54. The SMILES string of the molecule is Cc1nc2n(n1)CC(NCc1ccc(-n3cncn3)cc1)CC2. The van der Waals surface area contributed by atoms with Crippen molar-refractivity contribution < 1.29 is 0 Å². The van der Waals surface area contributed by atoms with Crippen LogP contribution in [0, 0.1) is 6.92 Å². The lowest BCUT2D eigenvalue weighted by Crippen LogP contribution is -2.37. The molecule has 0 saturated heterocycles. The molecule has 7 heteroatoms. The number of hydrogen-bond donors (Lipinski definition) is 1. The molecule has 118 valence electrons. The second-order valence-corrected chi connectivity index (χ2v) is 5.88. The lowest BCUT2D eigenvalue weighted by molar-refractivity contribution is 0.357. The van der Waals surface area contributed by atoms with Crippen molar-refractivity contribution in [2.75, 3.05) is 0 Å². The zero-order chi connectivity index (χ0) is 15.6. The average molecular weight is 309 g/mol. The molecule has 3 aromatic rings. The van der Waals surface area contributed by atoms with Gasteiger partial charge in [-0.1, -0.05) is 12.1 Å². The monoisotopic (exact) mass is 309 g/mol. The van der Waals surface area contributed by atoms with E-state index < -0.39 is 0 Å². The van der Waals surface area contributed by atoms with E-state index in [0.29, 0.717) is 6.04 Å². The highest BCUT2D eigenvalue weighted by Crippen LogP contribution is 2.14. The van der Waals surface area contributed by atoms with Crippen LogP contribution in [-0.2, 0) is 19.5 Å². The van der Waals surface area contributed by atoms with Crippen molar-refractivity contribution in [2.24, 2.45) is 0 Å². The van der Waals surface area contributed by atoms with Crippen LogP contribution in [0.25, 0.3) is 5.69 Å². The number of nitrogens with one attached hydrogen (secondary N) is 1. The Bertz CT molecular complexity index is 773. The van der Waals surface area contributed by atoms with E-state index >= 15 is 0 Å². The first-order chi connectivity index (χ1) is 11.3. The summed E-state index contributed by atoms with van der Waals surface area (Å²) in [4.78, 5) is 8.41. The molecule has 7 nitrogen and oxygen atoms in total. The molecule has 0 radical (unpaired) electrons. The minimum Gasteiger partial charge on any atom is -0.308 e. The molecule has 1 N–H and O–H groups in total. The molecule has 0 saturated carbocycles. The van der Waals surface area contributed by atoms with Crippen LogP contribution in [0.3, 0.4) is 0 Å². The predicted octanol–water partition coefficient (Wildman–Crippen LogP) is 1.27. The van der Waals surface area contributed by atoms with E-state index in [4.69, 9.17) is 0 Å². The average Bonchev–Trinajstić information content (AvgIpc) is 3.21. The van der Waals surface area contributed by atoms with Gasteiger partial charge in [0.05, 0.1) is 12.2 Å². The largest absolute Gasteiger partial charge is 0.308 e. The van der Waals surface area contributed by atoms with Gasteiger partial charge >= 0.3 is 0 Å². The first-order valence-electron chi connectivity index (χ1n) is 7.85. The summed E-state index contributed by atoms with van der Waals surface area (Å²) in [5.74, 6) is 1.97. The third-order valence-electron chi connectivity index (χ3n) is 4.18. The number of rotatable bonds is 4. The number of hydrogen-bond acceptors (Lipinski definition) is 5.